The van der Waals surface area contributed by atoms with Crippen LogP contribution in [0.25, 0.3) is 0 Å². The van der Waals surface area contributed by atoms with Crippen LogP contribution in [0.5, 0.6) is 5.88 Å². The first-order valence-electron chi connectivity index (χ1n) is 5.26. The van der Waals surface area contributed by atoms with E-state index in [0.29, 0.717) is 22.3 Å². The highest BCUT2D eigenvalue weighted by Gasteiger charge is 2.13. The third-order valence-electron chi connectivity index (χ3n) is 2.47. The molecular weight excluding hydrogens is 252 g/mol. The van der Waals surface area contributed by atoms with Crippen LogP contribution in [0.2, 0.25) is 0 Å². The Kier molecular flexibility index (Phi) is 3.24. The van der Waals surface area contributed by atoms with Crippen molar-refractivity contribution in [3.63, 3.8) is 0 Å². The van der Waals surface area contributed by atoms with E-state index in [1.807, 2.05) is 6.92 Å². The van der Waals surface area contributed by atoms with E-state index in [1.165, 1.54) is 11.3 Å². The Morgan fingerprint density at radius 1 is 1.56 bits per heavy atom. The minimum Gasteiger partial charge on any atom is -0.481 e. The van der Waals surface area contributed by atoms with Gasteiger partial charge in [0.25, 0.3) is 5.91 Å². The molecule has 2 rings (SSSR count). The van der Waals surface area contributed by atoms with Crippen LogP contribution in [0, 0.1) is 6.92 Å². The lowest BCUT2D eigenvalue weighted by atomic mass is 10.3. The first kappa shape index (κ1) is 12.4. The second-order valence-electron chi connectivity index (χ2n) is 3.77. The molecule has 0 saturated heterocycles. The lowest BCUT2D eigenvalue weighted by Gasteiger charge is -1.97. The number of hydrogen-bond acceptors (Lipinski definition) is 5. The number of ether oxygens (including phenoxy) is 1. The quantitative estimate of drug-likeness (QED) is 0.884. The van der Waals surface area contributed by atoms with Crippen molar-refractivity contribution >= 4 is 28.7 Å². The van der Waals surface area contributed by atoms with Crippen LogP contribution in [0.4, 0.5) is 11.5 Å². The first-order chi connectivity index (χ1) is 8.51. The Bertz CT molecular complexity index is 568. The van der Waals surface area contributed by atoms with Gasteiger partial charge in [0.05, 0.1) is 12.0 Å². The molecule has 0 fully saturated rings. The van der Waals surface area contributed by atoms with Crippen LogP contribution in [0.15, 0.2) is 12.1 Å². The predicted molar refractivity (Wildman–Crippen MR) is 71.2 cm³/mol. The van der Waals surface area contributed by atoms with Crippen LogP contribution < -0.4 is 15.8 Å². The molecule has 2 heterocycles. The molecule has 0 aromatic carbocycles. The molecule has 0 radical (unpaired) electrons. The molecule has 18 heavy (non-hydrogen) atoms. The molecule has 2 aromatic rings. The van der Waals surface area contributed by atoms with Crippen LogP contribution >= 0.6 is 11.3 Å². The number of nitrogen functional groups attached to an aromatic ring is 1. The molecule has 0 atom stereocenters. The maximum Gasteiger partial charge on any atom is 0.267 e. The van der Waals surface area contributed by atoms with Crippen molar-refractivity contribution in [2.45, 2.75) is 6.92 Å². The molecule has 0 aliphatic carbocycles. The Hall–Kier alpha value is -2.02. The summed E-state index contributed by atoms with van der Waals surface area (Å²) in [4.78, 5) is 13.4. The highest BCUT2D eigenvalue weighted by Crippen LogP contribution is 2.24. The summed E-state index contributed by atoms with van der Waals surface area (Å²) >= 11 is 1.36. The van der Waals surface area contributed by atoms with Gasteiger partial charge in [0.1, 0.15) is 0 Å². The number of aryl methyl sites for hydroxylation is 2. The fourth-order valence-electron chi connectivity index (χ4n) is 1.49. The zero-order valence-corrected chi connectivity index (χ0v) is 11.2. The SMILES string of the molecule is COc1cc(NC(=O)c2cc(N)c(C)s2)nn1C. The van der Waals surface area contributed by atoms with Crippen LogP contribution in [-0.2, 0) is 7.05 Å². The van der Waals surface area contributed by atoms with Gasteiger partial charge >= 0.3 is 0 Å². The molecule has 0 saturated carbocycles. The van der Waals surface area contributed by atoms with Crippen molar-refractivity contribution in [3.05, 3.63) is 21.9 Å². The summed E-state index contributed by atoms with van der Waals surface area (Å²) in [5, 5.41) is 6.81. The summed E-state index contributed by atoms with van der Waals surface area (Å²) in [6.45, 7) is 1.88. The summed E-state index contributed by atoms with van der Waals surface area (Å²) in [6, 6.07) is 3.32. The molecule has 2 aromatic heterocycles. The van der Waals surface area contributed by atoms with Crippen molar-refractivity contribution in [2.75, 3.05) is 18.2 Å². The molecule has 0 bridgehead atoms. The number of aromatic nitrogens is 2. The molecule has 1 amide bonds. The van der Waals surface area contributed by atoms with E-state index in [0.717, 1.165) is 4.88 Å². The van der Waals surface area contributed by atoms with Crippen LogP contribution in [-0.4, -0.2) is 22.8 Å². The number of rotatable bonds is 3. The number of nitrogens with one attached hydrogen (secondary N) is 1. The van der Waals surface area contributed by atoms with E-state index in [9.17, 15) is 4.79 Å². The summed E-state index contributed by atoms with van der Waals surface area (Å²) in [5.41, 5.74) is 6.34. The van der Waals surface area contributed by atoms with Crippen molar-refractivity contribution in [1.29, 1.82) is 0 Å². The monoisotopic (exact) mass is 266 g/mol. The van der Waals surface area contributed by atoms with Crippen molar-refractivity contribution in [2.24, 2.45) is 7.05 Å². The largest absolute Gasteiger partial charge is 0.481 e. The van der Waals surface area contributed by atoms with Crippen LogP contribution in [0.1, 0.15) is 14.5 Å². The molecular formula is C11H14N4O2S. The van der Waals surface area contributed by atoms with E-state index >= 15 is 0 Å². The fourth-order valence-corrected chi connectivity index (χ4v) is 2.32. The number of hydrogen-bond donors (Lipinski definition) is 2. The summed E-state index contributed by atoms with van der Waals surface area (Å²) < 4.78 is 6.61. The van der Waals surface area contributed by atoms with E-state index in [1.54, 1.807) is 31.0 Å². The standard InChI is InChI=1S/C11H14N4O2S/c1-6-7(12)4-8(18-6)11(16)13-9-5-10(17-3)15(2)14-9/h4-5H,12H2,1-3H3,(H,13,14,16). The maximum atomic E-state index is 11.9. The number of carbonyl (C=O) groups excluding carboxylic acids is 1. The van der Waals surface area contributed by atoms with E-state index in [2.05, 4.69) is 10.4 Å². The van der Waals surface area contributed by atoms with Gasteiger partial charge in [-0.3, -0.25) is 4.79 Å². The third-order valence-corrected chi connectivity index (χ3v) is 3.53. The average Bonchev–Trinajstić information content (AvgIpc) is 2.83. The molecule has 0 spiro atoms. The first-order valence-corrected chi connectivity index (χ1v) is 6.08. The Labute approximate surface area is 108 Å². The van der Waals surface area contributed by atoms with E-state index in [4.69, 9.17) is 10.5 Å². The molecule has 7 heteroatoms. The Balaban J connectivity index is 2.15. The Morgan fingerprint density at radius 3 is 2.78 bits per heavy atom. The number of carbonyl (C=O) groups is 1. The normalized spacial score (nSPS) is 10.4. The lowest BCUT2D eigenvalue weighted by Crippen LogP contribution is -2.10. The summed E-state index contributed by atoms with van der Waals surface area (Å²) in [6.07, 6.45) is 0. The molecule has 3 N–H and O–H groups in total. The van der Waals surface area contributed by atoms with Gasteiger partial charge in [-0.1, -0.05) is 0 Å². The van der Waals surface area contributed by atoms with Gasteiger partial charge in [0.2, 0.25) is 5.88 Å². The molecule has 6 nitrogen and oxygen atoms in total. The maximum absolute atomic E-state index is 11.9. The number of thiophene rings is 1. The van der Waals surface area contributed by atoms with Crippen molar-refractivity contribution in [1.82, 2.24) is 9.78 Å². The molecule has 0 aliphatic heterocycles. The second kappa shape index (κ2) is 4.69. The zero-order valence-electron chi connectivity index (χ0n) is 10.4. The number of anilines is 2. The third kappa shape index (κ3) is 2.30. The van der Waals surface area contributed by atoms with Crippen molar-refractivity contribution < 1.29 is 9.53 Å². The van der Waals surface area contributed by atoms with Gasteiger partial charge in [-0.2, -0.15) is 5.10 Å². The Morgan fingerprint density at radius 2 is 2.28 bits per heavy atom. The number of nitrogens with zero attached hydrogens (tertiary/aromatic N) is 2. The smallest absolute Gasteiger partial charge is 0.267 e. The van der Waals surface area contributed by atoms with Gasteiger partial charge in [-0.15, -0.1) is 11.3 Å². The minimum atomic E-state index is -0.222. The van der Waals surface area contributed by atoms with E-state index in [-0.39, 0.29) is 5.91 Å². The van der Waals surface area contributed by atoms with Crippen molar-refractivity contribution in [3.8, 4) is 5.88 Å². The average molecular weight is 266 g/mol. The van der Waals surface area contributed by atoms with Crippen LogP contribution in [0.3, 0.4) is 0 Å². The lowest BCUT2D eigenvalue weighted by molar-refractivity contribution is 0.103. The highest BCUT2D eigenvalue weighted by molar-refractivity contribution is 7.14. The summed E-state index contributed by atoms with van der Waals surface area (Å²) in [7, 11) is 3.29. The fraction of sp³-hybridized carbons (Fsp3) is 0.273. The van der Waals surface area contributed by atoms with Gasteiger partial charge in [-0.25, -0.2) is 4.68 Å². The number of methoxy groups -OCH3 is 1. The van der Waals surface area contributed by atoms with Gasteiger partial charge in [0.15, 0.2) is 5.82 Å². The molecule has 0 unspecified atom stereocenters. The van der Waals surface area contributed by atoms with E-state index < -0.39 is 0 Å². The minimum absolute atomic E-state index is 0.222. The topological polar surface area (TPSA) is 82.2 Å². The van der Waals surface area contributed by atoms with Gasteiger partial charge in [-0.05, 0) is 13.0 Å². The number of amides is 1. The van der Waals surface area contributed by atoms with Gasteiger partial charge < -0.3 is 15.8 Å². The molecule has 0 aliphatic rings. The summed E-state index contributed by atoms with van der Waals surface area (Å²) in [5.74, 6) is 0.803. The second-order valence-corrected chi connectivity index (χ2v) is 5.03. The molecule has 96 valence electrons. The predicted octanol–water partition coefficient (Wildman–Crippen LogP) is 1.63. The highest BCUT2D eigenvalue weighted by atomic mass is 32.1. The van der Waals surface area contributed by atoms with Gasteiger partial charge in [0, 0.05) is 23.7 Å². The number of nitrogens with two attached hydrogens (primary N) is 1. The zero-order chi connectivity index (χ0) is 13.3.